The summed E-state index contributed by atoms with van der Waals surface area (Å²) in [6.07, 6.45) is 0. The summed E-state index contributed by atoms with van der Waals surface area (Å²) in [7, 11) is 0. The molecular formula is C12H6Cl4O2. The molecule has 18 heavy (non-hydrogen) atoms. The third-order valence-corrected chi connectivity index (χ3v) is 3.56. The minimum atomic E-state index is -0.172. The van der Waals surface area contributed by atoms with E-state index in [1.165, 1.54) is 24.3 Å². The lowest BCUT2D eigenvalue weighted by molar-refractivity contribution is 0.474. The first-order chi connectivity index (χ1) is 8.40. The SMILES string of the molecule is Oc1cc(Cl)cc(-c2cc(Cl)cc(O)c2Cl)c1Cl. The van der Waals surface area contributed by atoms with Crippen molar-refractivity contribution >= 4 is 46.4 Å². The molecule has 0 amide bonds. The average molecular weight is 324 g/mol. The third kappa shape index (κ3) is 2.47. The van der Waals surface area contributed by atoms with Crippen LogP contribution in [0.15, 0.2) is 24.3 Å². The van der Waals surface area contributed by atoms with Crippen molar-refractivity contribution < 1.29 is 10.2 Å². The van der Waals surface area contributed by atoms with Gasteiger partial charge in [0.25, 0.3) is 0 Å². The first-order valence-electron chi connectivity index (χ1n) is 4.76. The van der Waals surface area contributed by atoms with Crippen LogP contribution >= 0.6 is 46.4 Å². The quantitative estimate of drug-likeness (QED) is 0.739. The number of phenolic OH excluding ortho intramolecular Hbond substituents is 2. The van der Waals surface area contributed by atoms with E-state index in [0.29, 0.717) is 21.2 Å². The molecule has 0 heterocycles. The maximum Gasteiger partial charge on any atom is 0.136 e. The van der Waals surface area contributed by atoms with Crippen LogP contribution < -0.4 is 0 Å². The van der Waals surface area contributed by atoms with Crippen molar-refractivity contribution in [2.75, 3.05) is 0 Å². The fourth-order valence-electron chi connectivity index (χ4n) is 1.54. The van der Waals surface area contributed by atoms with E-state index in [4.69, 9.17) is 46.4 Å². The van der Waals surface area contributed by atoms with Crippen LogP contribution in [0, 0.1) is 0 Å². The van der Waals surface area contributed by atoms with Crippen LogP contribution in [0.2, 0.25) is 20.1 Å². The highest BCUT2D eigenvalue weighted by Gasteiger charge is 2.15. The van der Waals surface area contributed by atoms with E-state index in [-0.39, 0.29) is 21.5 Å². The molecule has 0 bridgehead atoms. The molecule has 2 aromatic rings. The highest BCUT2D eigenvalue weighted by atomic mass is 35.5. The van der Waals surface area contributed by atoms with Gasteiger partial charge in [0.1, 0.15) is 11.5 Å². The maximum absolute atomic E-state index is 9.62. The van der Waals surface area contributed by atoms with Gasteiger partial charge in [0.15, 0.2) is 0 Å². The number of rotatable bonds is 1. The summed E-state index contributed by atoms with van der Waals surface area (Å²) in [5.74, 6) is -0.343. The Morgan fingerprint density at radius 2 is 0.944 bits per heavy atom. The Morgan fingerprint density at radius 3 is 1.28 bits per heavy atom. The zero-order valence-electron chi connectivity index (χ0n) is 8.72. The largest absolute Gasteiger partial charge is 0.506 e. The maximum atomic E-state index is 9.62. The molecule has 0 atom stereocenters. The standard InChI is InChI=1S/C12H6Cl4O2/c13-5-1-7(11(15)9(17)3-5)8-2-6(14)4-10(18)12(8)16/h1-4,17-18H. The molecule has 0 fully saturated rings. The van der Waals surface area contributed by atoms with Gasteiger partial charge in [-0.05, 0) is 12.1 Å². The minimum absolute atomic E-state index is 0.0861. The number of benzene rings is 2. The van der Waals surface area contributed by atoms with E-state index < -0.39 is 0 Å². The smallest absolute Gasteiger partial charge is 0.136 e. The van der Waals surface area contributed by atoms with Crippen LogP contribution in [0.4, 0.5) is 0 Å². The van der Waals surface area contributed by atoms with Gasteiger partial charge >= 0.3 is 0 Å². The second kappa shape index (κ2) is 5.06. The fraction of sp³-hybridized carbons (Fsp3) is 0. The first kappa shape index (κ1) is 13.6. The zero-order valence-corrected chi connectivity index (χ0v) is 11.7. The van der Waals surface area contributed by atoms with Crippen molar-refractivity contribution in [2.24, 2.45) is 0 Å². The van der Waals surface area contributed by atoms with Crippen LogP contribution in [0.5, 0.6) is 11.5 Å². The molecule has 2 N–H and O–H groups in total. The number of aromatic hydroxyl groups is 2. The lowest BCUT2D eigenvalue weighted by Crippen LogP contribution is -1.84. The van der Waals surface area contributed by atoms with Crippen molar-refractivity contribution in [3.05, 3.63) is 44.4 Å². The molecule has 0 unspecified atom stereocenters. The van der Waals surface area contributed by atoms with Gasteiger partial charge in [0.2, 0.25) is 0 Å². The Kier molecular flexibility index (Phi) is 3.83. The molecule has 6 heteroatoms. The molecule has 0 saturated heterocycles. The van der Waals surface area contributed by atoms with E-state index in [1.807, 2.05) is 0 Å². The van der Waals surface area contributed by atoms with Gasteiger partial charge in [-0.1, -0.05) is 46.4 Å². The van der Waals surface area contributed by atoms with Crippen molar-refractivity contribution in [1.29, 1.82) is 0 Å². The van der Waals surface area contributed by atoms with Crippen LogP contribution in [-0.2, 0) is 0 Å². The lowest BCUT2D eigenvalue weighted by Gasteiger charge is -2.10. The van der Waals surface area contributed by atoms with Gasteiger partial charge in [-0.25, -0.2) is 0 Å². The summed E-state index contributed by atoms with van der Waals surface area (Å²) in [6.45, 7) is 0. The monoisotopic (exact) mass is 322 g/mol. The molecule has 0 aliphatic carbocycles. The summed E-state index contributed by atoms with van der Waals surface area (Å²) in [6, 6.07) is 5.68. The molecule has 0 radical (unpaired) electrons. The fourth-order valence-corrected chi connectivity index (χ4v) is 2.39. The molecular weight excluding hydrogens is 318 g/mol. The van der Waals surface area contributed by atoms with Crippen LogP contribution in [0.25, 0.3) is 11.1 Å². The minimum Gasteiger partial charge on any atom is -0.506 e. The molecule has 0 aliphatic rings. The Bertz CT molecular complexity index is 570. The highest BCUT2D eigenvalue weighted by molar-refractivity contribution is 6.40. The van der Waals surface area contributed by atoms with Crippen LogP contribution in [0.1, 0.15) is 0 Å². The van der Waals surface area contributed by atoms with Crippen molar-refractivity contribution in [3.63, 3.8) is 0 Å². The van der Waals surface area contributed by atoms with Gasteiger partial charge in [0, 0.05) is 33.3 Å². The Labute approximate surface area is 123 Å². The predicted molar refractivity (Wildman–Crippen MR) is 75.2 cm³/mol. The van der Waals surface area contributed by atoms with Gasteiger partial charge in [-0.2, -0.15) is 0 Å². The number of halogens is 4. The molecule has 2 nitrogen and oxygen atoms in total. The van der Waals surface area contributed by atoms with E-state index in [9.17, 15) is 10.2 Å². The third-order valence-electron chi connectivity index (χ3n) is 2.33. The lowest BCUT2D eigenvalue weighted by atomic mass is 10.0. The van der Waals surface area contributed by atoms with E-state index >= 15 is 0 Å². The van der Waals surface area contributed by atoms with Gasteiger partial charge < -0.3 is 10.2 Å². The zero-order chi connectivity index (χ0) is 13.4. The normalized spacial score (nSPS) is 10.7. The molecule has 0 saturated carbocycles. The van der Waals surface area contributed by atoms with E-state index in [1.54, 1.807) is 0 Å². The molecule has 94 valence electrons. The second-order valence-electron chi connectivity index (χ2n) is 3.57. The second-order valence-corrected chi connectivity index (χ2v) is 5.20. The van der Waals surface area contributed by atoms with Gasteiger partial charge in [0.05, 0.1) is 10.0 Å². The van der Waals surface area contributed by atoms with E-state index in [0.717, 1.165) is 0 Å². The van der Waals surface area contributed by atoms with Gasteiger partial charge in [-0.15, -0.1) is 0 Å². The summed E-state index contributed by atoms with van der Waals surface area (Å²) in [5, 5.41) is 20.0. The molecule has 2 rings (SSSR count). The predicted octanol–water partition coefficient (Wildman–Crippen LogP) is 5.38. The Hall–Kier alpha value is -0.800. The number of hydrogen-bond acceptors (Lipinski definition) is 2. The first-order valence-corrected chi connectivity index (χ1v) is 6.27. The summed E-state index contributed by atoms with van der Waals surface area (Å²) < 4.78 is 0. The van der Waals surface area contributed by atoms with Crippen molar-refractivity contribution in [2.45, 2.75) is 0 Å². The number of phenols is 2. The average Bonchev–Trinajstić information content (AvgIpc) is 2.28. The van der Waals surface area contributed by atoms with Crippen LogP contribution in [0.3, 0.4) is 0 Å². The topological polar surface area (TPSA) is 40.5 Å². The molecule has 0 aromatic heterocycles. The van der Waals surface area contributed by atoms with E-state index in [2.05, 4.69) is 0 Å². The summed E-state index contributed by atoms with van der Waals surface area (Å²) in [5.41, 5.74) is 0.786. The van der Waals surface area contributed by atoms with Gasteiger partial charge in [-0.3, -0.25) is 0 Å². The molecule has 0 spiro atoms. The Morgan fingerprint density at radius 1 is 0.611 bits per heavy atom. The Balaban J connectivity index is 2.77. The van der Waals surface area contributed by atoms with Crippen molar-refractivity contribution in [1.82, 2.24) is 0 Å². The van der Waals surface area contributed by atoms with Crippen LogP contribution in [-0.4, -0.2) is 10.2 Å². The summed E-state index contributed by atoms with van der Waals surface area (Å²) in [4.78, 5) is 0. The summed E-state index contributed by atoms with van der Waals surface area (Å²) >= 11 is 23.7. The van der Waals surface area contributed by atoms with Crippen molar-refractivity contribution in [3.8, 4) is 22.6 Å². The molecule has 0 aliphatic heterocycles. The number of hydrogen-bond donors (Lipinski definition) is 2. The molecule has 2 aromatic carbocycles. The highest BCUT2D eigenvalue weighted by Crippen LogP contribution is 2.43.